The molecule has 0 amide bonds. The fourth-order valence-electron chi connectivity index (χ4n) is 2.18. The fourth-order valence-corrected chi connectivity index (χ4v) is 2.18. The first-order valence-electron chi connectivity index (χ1n) is 6.89. The largest absolute Gasteiger partial charge is 0.468 e. The van der Waals surface area contributed by atoms with Gasteiger partial charge in [-0.2, -0.15) is 0 Å². The fraction of sp³-hybridized carbons (Fsp3) is 0.294. The van der Waals surface area contributed by atoms with E-state index < -0.39 is 0 Å². The average Bonchev–Trinajstić information content (AvgIpc) is 2.54. The number of esters is 1. The number of benzene rings is 1. The van der Waals surface area contributed by atoms with Crippen molar-refractivity contribution in [1.29, 1.82) is 0 Å². The molecule has 0 radical (unpaired) electrons. The first-order valence-corrected chi connectivity index (χ1v) is 6.89. The number of carbonyl (C=O) groups is 1. The van der Waals surface area contributed by atoms with E-state index in [-0.39, 0.29) is 18.6 Å². The van der Waals surface area contributed by atoms with E-state index in [9.17, 15) is 4.79 Å². The summed E-state index contributed by atoms with van der Waals surface area (Å²) in [6, 6.07) is 12.4. The van der Waals surface area contributed by atoms with Crippen molar-refractivity contribution in [3.05, 3.63) is 54.4 Å². The lowest BCUT2D eigenvalue weighted by molar-refractivity contribution is -0.142. The Hall–Kier alpha value is -2.20. The van der Waals surface area contributed by atoms with Crippen LogP contribution >= 0.6 is 0 Å². The number of hydrogen-bond donors (Lipinski definition) is 0. The highest BCUT2D eigenvalue weighted by Gasteiger charge is 2.15. The Balaban J connectivity index is 2.19. The third-order valence-electron chi connectivity index (χ3n) is 3.65. The Morgan fingerprint density at radius 2 is 1.95 bits per heavy atom. The van der Waals surface area contributed by atoms with Gasteiger partial charge in [0.15, 0.2) is 0 Å². The number of likely N-dealkylation sites (N-methyl/N-ethyl adjacent to an activating group) is 1. The lowest BCUT2D eigenvalue weighted by Crippen LogP contribution is -2.29. The van der Waals surface area contributed by atoms with E-state index >= 15 is 0 Å². The summed E-state index contributed by atoms with van der Waals surface area (Å²) in [5.74, 6) is -0.227. The van der Waals surface area contributed by atoms with Crippen molar-refractivity contribution >= 4 is 5.97 Å². The van der Waals surface area contributed by atoms with Gasteiger partial charge in [0.25, 0.3) is 0 Å². The van der Waals surface area contributed by atoms with Gasteiger partial charge in [0.05, 0.1) is 13.7 Å². The number of carbonyl (C=O) groups excluding carboxylic acids is 1. The minimum atomic E-state index is -0.227. The van der Waals surface area contributed by atoms with Crippen LogP contribution in [0.2, 0.25) is 0 Å². The average molecular weight is 284 g/mol. The van der Waals surface area contributed by atoms with Crippen LogP contribution in [-0.4, -0.2) is 36.6 Å². The van der Waals surface area contributed by atoms with Crippen LogP contribution in [0, 0.1) is 0 Å². The predicted octanol–water partition coefficient (Wildman–Crippen LogP) is 2.91. The van der Waals surface area contributed by atoms with E-state index in [1.54, 1.807) is 12.4 Å². The highest BCUT2D eigenvalue weighted by molar-refractivity contribution is 5.71. The molecule has 1 atom stereocenters. The molecule has 21 heavy (non-hydrogen) atoms. The Kier molecular flexibility index (Phi) is 5.06. The van der Waals surface area contributed by atoms with Crippen molar-refractivity contribution in [2.75, 3.05) is 20.7 Å². The number of hydrogen-bond acceptors (Lipinski definition) is 4. The van der Waals surface area contributed by atoms with Gasteiger partial charge in [0, 0.05) is 18.4 Å². The van der Waals surface area contributed by atoms with Gasteiger partial charge in [-0.15, -0.1) is 0 Å². The maximum Gasteiger partial charge on any atom is 0.319 e. The molecule has 0 saturated heterocycles. The maximum absolute atomic E-state index is 11.4. The smallest absolute Gasteiger partial charge is 0.319 e. The SMILES string of the molecule is COC(=O)CN(C)C(C)c1cccc(-c2ccncc2)c1. The van der Waals surface area contributed by atoms with Crippen molar-refractivity contribution in [3.8, 4) is 11.1 Å². The molecular weight excluding hydrogens is 264 g/mol. The summed E-state index contributed by atoms with van der Waals surface area (Å²) < 4.78 is 4.71. The molecule has 1 unspecified atom stereocenters. The summed E-state index contributed by atoms with van der Waals surface area (Å²) in [6.07, 6.45) is 3.57. The third-order valence-corrected chi connectivity index (χ3v) is 3.65. The number of methoxy groups -OCH3 is 1. The maximum atomic E-state index is 11.4. The minimum Gasteiger partial charge on any atom is -0.468 e. The standard InChI is InChI=1S/C17H20N2O2/c1-13(19(2)12-17(20)21-3)15-5-4-6-16(11-15)14-7-9-18-10-8-14/h4-11,13H,12H2,1-3H3. The minimum absolute atomic E-state index is 0.130. The molecular formula is C17H20N2O2. The molecule has 2 rings (SSSR count). The van der Waals surface area contributed by atoms with E-state index in [0.29, 0.717) is 0 Å². The van der Waals surface area contributed by atoms with E-state index in [4.69, 9.17) is 4.74 Å². The molecule has 2 aromatic rings. The van der Waals surface area contributed by atoms with Crippen molar-refractivity contribution < 1.29 is 9.53 Å². The number of rotatable bonds is 5. The summed E-state index contributed by atoms with van der Waals surface area (Å²) in [4.78, 5) is 17.4. The van der Waals surface area contributed by atoms with Gasteiger partial charge >= 0.3 is 5.97 Å². The molecule has 4 nitrogen and oxygen atoms in total. The molecule has 0 saturated carbocycles. The number of nitrogens with zero attached hydrogens (tertiary/aromatic N) is 2. The molecule has 0 fully saturated rings. The Labute approximate surface area is 125 Å². The zero-order valence-corrected chi connectivity index (χ0v) is 12.6. The molecule has 110 valence electrons. The van der Waals surface area contributed by atoms with Crippen molar-refractivity contribution in [3.63, 3.8) is 0 Å². The summed E-state index contributed by atoms with van der Waals surface area (Å²) in [6.45, 7) is 2.35. The van der Waals surface area contributed by atoms with Crippen molar-refractivity contribution in [1.82, 2.24) is 9.88 Å². The quantitative estimate of drug-likeness (QED) is 0.792. The van der Waals surface area contributed by atoms with E-state index in [2.05, 4.69) is 30.1 Å². The number of aromatic nitrogens is 1. The zero-order chi connectivity index (χ0) is 15.2. The zero-order valence-electron chi connectivity index (χ0n) is 12.6. The van der Waals surface area contributed by atoms with Crippen LogP contribution in [0.4, 0.5) is 0 Å². The third kappa shape index (κ3) is 3.89. The molecule has 0 aliphatic heterocycles. The topological polar surface area (TPSA) is 42.4 Å². The van der Waals surface area contributed by atoms with Crippen LogP contribution in [0.25, 0.3) is 11.1 Å². The molecule has 0 bridgehead atoms. The second-order valence-electron chi connectivity index (χ2n) is 5.03. The molecule has 4 heteroatoms. The second-order valence-corrected chi connectivity index (χ2v) is 5.03. The van der Waals surface area contributed by atoms with Crippen molar-refractivity contribution in [2.24, 2.45) is 0 Å². The van der Waals surface area contributed by atoms with Gasteiger partial charge in [-0.3, -0.25) is 14.7 Å². The molecule has 1 heterocycles. The van der Waals surface area contributed by atoms with Gasteiger partial charge < -0.3 is 4.74 Å². The number of ether oxygens (including phenoxy) is 1. The van der Waals surface area contributed by atoms with E-state index in [1.165, 1.54) is 7.11 Å². The summed E-state index contributed by atoms with van der Waals surface area (Å²) in [7, 11) is 3.32. The van der Waals surface area contributed by atoms with Gasteiger partial charge in [-0.1, -0.05) is 18.2 Å². The Bertz CT molecular complexity index is 599. The monoisotopic (exact) mass is 284 g/mol. The first-order chi connectivity index (χ1) is 10.1. The van der Waals surface area contributed by atoms with Crippen LogP contribution in [0.15, 0.2) is 48.8 Å². The number of pyridine rings is 1. The van der Waals surface area contributed by atoms with Gasteiger partial charge in [0.2, 0.25) is 0 Å². The molecule has 0 aliphatic rings. The molecule has 0 spiro atoms. The van der Waals surface area contributed by atoms with Gasteiger partial charge in [0.1, 0.15) is 0 Å². The predicted molar refractivity (Wildman–Crippen MR) is 82.7 cm³/mol. The summed E-state index contributed by atoms with van der Waals surface area (Å²) in [5.41, 5.74) is 3.44. The van der Waals surface area contributed by atoms with Crippen LogP contribution < -0.4 is 0 Å². The highest BCUT2D eigenvalue weighted by Crippen LogP contribution is 2.25. The molecule has 0 aliphatic carbocycles. The van der Waals surface area contributed by atoms with Crippen molar-refractivity contribution in [2.45, 2.75) is 13.0 Å². The summed E-state index contributed by atoms with van der Waals surface area (Å²) >= 11 is 0. The summed E-state index contributed by atoms with van der Waals surface area (Å²) in [5, 5.41) is 0. The van der Waals surface area contributed by atoms with Crippen LogP contribution in [0.3, 0.4) is 0 Å². The van der Waals surface area contributed by atoms with E-state index in [0.717, 1.165) is 16.7 Å². The van der Waals surface area contributed by atoms with Gasteiger partial charge in [-0.25, -0.2) is 0 Å². The Morgan fingerprint density at radius 3 is 2.62 bits per heavy atom. The first kappa shape index (κ1) is 15.2. The van der Waals surface area contributed by atoms with Crippen LogP contribution in [-0.2, 0) is 9.53 Å². The second kappa shape index (κ2) is 6.99. The van der Waals surface area contributed by atoms with Crippen LogP contribution in [0.1, 0.15) is 18.5 Å². The molecule has 0 N–H and O–H groups in total. The molecule has 1 aromatic carbocycles. The van der Waals surface area contributed by atoms with E-state index in [1.807, 2.05) is 30.1 Å². The normalized spacial score (nSPS) is 12.2. The Morgan fingerprint density at radius 1 is 1.24 bits per heavy atom. The van der Waals surface area contributed by atoms with Crippen LogP contribution in [0.5, 0.6) is 0 Å². The lowest BCUT2D eigenvalue weighted by atomic mass is 10.0. The lowest BCUT2D eigenvalue weighted by Gasteiger charge is -2.24. The highest BCUT2D eigenvalue weighted by atomic mass is 16.5. The van der Waals surface area contributed by atoms with Gasteiger partial charge in [-0.05, 0) is 48.9 Å². The molecule has 1 aromatic heterocycles.